The minimum atomic E-state index is -1.19. The van der Waals surface area contributed by atoms with E-state index in [-0.39, 0.29) is 5.69 Å². The minimum absolute atomic E-state index is 0.0434. The van der Waals surface area contributed by atoms with Crippen LogP contribution in [0.3, 0.4) is 0 Å². The fourth-order valence-corrected chi connectivity index (χ4v) is 1.72. The van der Waals surface area contributed by atoms with Gasteiger partial charge in [-0.05, 0) is 31.4 Å². The topological polar surface area (TPSA) is 47.6 Å². The van der Waals surface area contributed by atoms with E-state index in [4.69, 9.17) is 4.74 Å². The van der Waals surface area contributed by atoms with Gasteiger partial charge in [0.2, 0.25) is 0 Å². The molecule has 0 aliphatic heterocycles. The van der Waals surface area contributed by atoms with Crippen LogP contribution in [0.2, 0.25) is 0 Å². The third-order valence-electron chi connectivity index (χ3n) is 2.83. The van der Waals surface area contributed by atoms with Gasteiger partial charge in [-0.2, -0.15) is 0 Å². The van der Waals surface area contributed by atoms with Gasteiger partial charge in [0.1, 0.15) is 0 Å². The lowest BCUT2D eigenvalue weighted by Crippen LogP contribution is -2.10. The Hall–Kier alpha value is -1.69. The minimum Gasteiger partial charge on any atom is -0.465 e. The molecule has 0 spiro atoms. The molecular weight excluding hydrogens is 268 g/mol. The van der Waals surface area contributed by atoms with E-state index >= 15 is 0 Å². The Morgan fingerprint density at radius 2 is 1.90 bits per heavy atom. The number of carbonyl (C=O) groups is 1. The van der Waals surface area contributed by atoms with E-state index in [0.717, 1.165) is 26.4 Å². The molecule has 0 fully saturated rings. The fraction of sp³-hybridized carbons (Fsp3) is 0.500. The summed E-state index contributed by atoms with van der Waals surface area (Å²) in [4.78, 5) is 11.2. The Morgan fingerprint density at radius 3 is 2.55 bits per heavy atom. The molecule has 1 aromatic carbocycles. The zero-order valence-electron chi connectivity index (χ0n) is 11.7. The summed E-state index contributed by atoms with van der Waals surface area (Å²) >= 11 is 0. The molecule has 0 atom stereocenters. The summed E-state index contributed by atoms with van der Waals surface area (Å²) in [6.45, 7) is 1.22. The maximum atomic E-state index is 13.7. The van der Waals surface area contributed by atoms with E-state index in [1.54, 1.807) is 7.11 Å². The van der Waals surface area contributed by atoms with Gasteiger partial charge in [0, 0.05) is 20.3 Å². The number of esters is 1. The predicted octanol–water partition coefficient (Wildman–Crippen LogP) is 2.98. The number of halogens is 2. The van der Waals surface area contributed by atoms with Crippen LogP contribution in [0, 0.1) is 11.6 Å². The number of anilines is 1. The Bertz CT molecular complexity index is 452. The van der Waals surface area contributed by atoms with Crippen LogP contribution in [-0.4, -0.2) is 33.3 Å². The van der Waals surface area contributed by atoms with E-state index < -0.39 is 23.2 Å². The second-order valence-corrected chi connectivity index (χ2v) is 4.26. The van der Waals surface area contributed by atoms with Crippen LogP contribution in [0.1, 0.15) is 29.6 Å². The van der Waals surface area contributed by atoms with Crippen molar-refractivity contribution >= 4 is 11.7 Å². The first-order chi connectivity index (χ1) is 9.61. The molecule has 1 rings (SSSR count). The lowest BCUT2D eigenvalue weighted by atomic mass is 10.1. The Labute approximate surface area is 117 Å². The van der Waals surface area contributed by atoms with Crippen LogP contribution in [-0.2, 0) is 9.47 Å². The molecule has 0 saturated heterocycles. The molecule has 1 aromatic rings. The molecule has 0 aromatic heterocycles. The van der Waals surface area contributed by atoms with Crippen molar-refractivity contribution in [3.8, 4) is 0 Å². The molecule has 20 heavy (non-hydrogen) atoms. The smallest absolute Gasteiger partial charge is 0.340 e. The molecule has 0 radical (unpaired) electrons. The summed E-state index contributed by atoms with van der Waals surface area (Å²) in [6, 6.07) is 2.54. The van der Waals surface area contributed by atoms with Crippen LogP contribution in [0.25, 0.3) is 0 Å². The summed E-state index contributed by atoms with van der Waals surface area (Å²) < 4.78 is 36.7. The van der Waals surface area contributed by atoms with Gasteiger partial charge >= 0.3 is 5.97 Å². The Kier molecular flexibility index (Phi) is 6.93. The summed E-state index contributed by atoms with van der Waals surface area (Å²) in [5.41, 5.74) is -0.363. The highest BCUT2D eigenvalue weighted by atomic mass is 19.2. The lowest BCUT2D eigenvalue weighted by molar-refractivity contribution is 0.0594. The standard InChI is InChI=1S/C14H19F2NO3/c1-19-9-5-3-4-8-17-11-7-6-10(14(18)20-2)12(15)13(11)16/h6-7,17H,3-5,8-9H2,1-2H3. The largest absolute Gasteiger partial charge is 0.465 e. The summed E-state index contributed by atoms with van der Waals surface area (Å²) in [7, 11) is 2.76. The number of rotatable bonds is 8. The normalized spacial score (nSPS) is 10.4. The molecule has 0 aliphatic carbocycles. The van der Waals surface area contributed by atoms with Crippen molar-refractivity contribution in [1.29, 1.82) is 0 Å². The molecule has 4 nitrogen and oxygen atoms in total. The highest BCUT2D eigenvalue weighted by Crippen LogP contribution is 2.21. The summed E-state index contributed by atoms with van der Waals surface area (Å²) in [6.07, 6.45) is 2.69. The number of hydrogen-bond acceptors (Lipinski definition) is 4. The zero-order valence-corrected chi connectivity index (χ0v) is 11.7. The first kappa shape index (κ1) is 16.4. The highest BCUT2D eigenvalue weighted by molar-refractivity contribution is 5.90. The summed E-state index contributed by atoms with van der Waals surface area (Å²) in [5.74, 6) is -3.15. The van der Waals surface area contributed by atoms with Crippen molar-refractivity contribution in [2.45, 2.75) is 19.3 Å². The first-order valence-electron chi connectivity index (χ1n) is 6.41. The van der Waals surface area contributed by atoms with Crippen LogP contribution >= 0.6 is 0 Å². The van der Waals surface area contributed by atoms with Crippen molar-refractivity contribution in [3.63, 3.8) is 0 Å². The third-order valence-corrected chi connectivity index (χ3v) is 2.83. The van der Waals surface area contributed by atoms with E-state index in [0.29, 0.717) is 13.2 Å². The fourth-order valence-electron chi connectivity index (χ4n) is 1.72. The third kappa shape index (κ3) is 4.45. The second-order valence-electron chi connectivity index (χ2n) is 4.26. The maximum absolute atomic E-state index is 13.7. The monoisotopic (exact) mass is 287 g/mol. The van der Waals surface area contributed by atoms with E-state index in [9.17, 15) is 13.6 Å². The molecule has 0 unspecified atom stereocenters. The number of benzene rings is 1. The molecule has 1 N–H and O–H groups in total. The van der Waals surface area contributed by atoms with Crippen molar-refractivity contribution in [2.75, 3.05) is 32.7 Å². The molecule has 112 valence electrons. The number of ether oxygens (including phenoxy) is 2. The first-order valence-corrected chi connectivity index (χ1v) is 6.41. The van der Waals surface area contributed by atoms with Gasteiger partial charge in [-0.3, -0.25) is 0 Å². The predicted molar refractivity (Wildman–Crippen MR) is 71.9 cm³/mol. The highest BCUT2D eigenvalue weighted by Gasteiger charge is 2.18. The SMILES string of the molecule is COCCCCCNc1ccc(C(=O)OC)c(F)c1F. The van der Waals surface area contributed by atoms with Gasteiger partial charge in [-0.15, -0.1) is 0 Å². The quantitative estimate of drug-likeness (QED) is 0.590. The van der Waals surface area contributed by atoms with Gasteiger partial charge < -0.3 is 14.8 Å². The molecule has 0 amide bonds. The molecular formula is C14H19F2NO3. The Morgan fingerprint density at radius 1 is 1.15 bits per heavy atom. The molecule has 0 aliphatic rings. The average molecular weight is 287 g/mol. The van der Waals surface area contributed by atoms with Crippen LogP contribution in [0.15, 0.2) is 12.1 Å². The molecule has 0 bridgehead atoms. The molecule has 0 saturated carbocycles. The second kappa shape index (κ2) is 8.47. The van der Waals surface area contributed by atoms with Crippen LogP contribution in [0.5, 0.6) is 0 Å². The van der Waals surface area contributed by atoms with Crippen molar-refractivity contribution < 1.29 is 23.0 Å². The van der Waals surface area contributed by atoms with E-state index in [2.05, 4.69) is 10.1 Å². The van der Waals surface area contributed by atoms with Crippen molar-refractivity contribution in [1.82, 2.24) is 0 Å². The molecule has 6 heteroatoms. The maximum Gasteiger partial charge on any atom is 0.340 e. The number of methoxy groups -OCH3 is 2. The van der Waals surface area contributed by atoms with Crippen molar-refractivity contribution in [3.05, 3.63) is 29.3 Å². The van der Waals surface area contributed by atoms with Crippen molar-refractivity contribution in [2.24, 2.45) is 0 Å². The number of carbonyl (C=O) groups excluding carboxylic acids is 1. The zero-order chi connectivity index (χ0) is 15.0. The average Bonchev–Trinajstić information content (AvgIpc) is 2.46. The number of unbranched alkanes of at least 4 members (excludes halogenated alkanes) is 2. The van der Waals surface area contributed by atoms with E-state index in [1.165, 1.54) is 12.1 Å². The van der Waals surface area contributed by atoms with E-state index in [1.807, 2.05) is 0 Å². The van der Waals surface area contributed by atoms with Gasteiger partial charge in [-0.1, -0.05) is 0 Å². The van der Waals surface area contributed by atoms with Gasteiger partial charge in [0.25, 0.3) is 0 Å². The van der Waals surface area contributed by atoms with Crippen LogP contribution in [0.4, 0.5) is 14.5 Å². The summed E-state index contributed by atoms with van der Waals surface area (Å²) in [5, 5.41) is 2.81. The van der Waals surface area contributed by atoms with Gasteiger partial charge in [0.05, 0.1) is 18.4 Å². The number of hydrogen-bond donors (Lipinski definition) is 1. The Balaban J connectivity index is 2.55. The lowest BCUT2D eigenvalue weighted by Gasteiger charge is -2.09. The molecule has 0 heterocycles. The van der Waals surface area contributed by atoms with Gasteiger partial charge in [0.15, 0.2) is 11.6 Å². The number of nitrogens with one attached hydrogen (secondary N) is 1. The van der Waals surface area contributed by atoms with Crippen LogP contribution < -0.4 is 5.32 Å². The van der Waals surface area contributed by atoms with Gasteiger partial charge in [-0.25, -0.2) is 13.6 Å².